The van der Waals surface area contributed by atoms with Crippen molar-refractivity contribution in [2.75, 3.05) is 19.6 Å². The Morgan fingerprint density at radius 3 is 2.52 bits per heavy atom. The van der Waals surface area contributed by atoms with Gasteiger partial charge < -0.3 is 20.1 Å². The highest BCUT2D eigenvalue weighted by Crippen LogP contribution is 2.33. The molecule has 1 fully saturated rings. The number of aryl methyl sites for hydroxylation is 1. The van der Waals surface area contributed by atoms with Gasteiger partial charge in [0.25, 0.3) is 0 Å². The van der Waals surface area contributed by atoms with Crippen LogP contribution >= 0.6 is 0 Å². The number of nitrogens with one attached hydrogen (secondary N) is 1. The Kier molecular flexibility index (Phi) is 7.83. The van der Waals surface area contributed by atoms with Crippen molar-refractivity contribution in [1.29, 1.82) is 0 Å². The van der Waals surface area contributed by atoms with Gasteiger partial charge in [0.1, 0.15) is 0 Å². The number of H-pyrrole nitrogens is 1. The fraction of sp³-hybridized carbons (Fsp3) is 0.435. The van der Waals surface area contributed by atoms with Crippen LogP contribution in [0.1, 0.15) is 43.2 Å². The number of hydrogen-bond acceptors (Lipinski definition) is 4. The van der Waals surface area contributed by atoms with Crippen LogP contribution in [-0.4, -0.2) is 61.5 Å². The van der Waals surface area contributed by atoms with E-state index in [0.29, 0.717) is 5.92 Å². The lowest BCUT2D eigenvalue weighted by Crippen LogP contribution is -2.34. The van der Waals surface area contributed by atoms with Crippen molar-refractivity contribution < 1.29 is 19.8 Å². The third-order valence-electron chi connectivity index (χ3n) is 5.69. The van der Waals surface area contributed by atoms with E-state index >= 15 is 0 Å². The molecule has 1 saturated heterocycles. The minimum absolute atomic E-state index is 0.694. The van der Waals surface area contributed by atoms with E-state index in [2.05, 4.69) is 63.2 Å². The number of carboxylic acid groups (broad SMARTS) is 2. The smallest absolute Gasteiger partial charge is 0.414 e. The third-order valence-corrected chi connectivity index (χ3v) is 5.69. The zero-order valence-corrected chi connectivity index (χ0v) is 17.8. The molecule has 0 spiro atoms. The van der Waals surface area contributed by atoms with Crippen LogP contribution in [0.15, 0.2) is 42.9 Å². The highest BCUT2D eigenvalue weighted by Gasteiger charge is 2.22. The first-order chi connectivity index (χ1) is 15.0. The maximum absolute atomic E-state index is 9.10. The fourth-order valence-electron chi connectivity index (χ4n) is 4.07. The molecule has 8 nitrogen and oxygen atoms in total. The number of fused-ring (bicyclic) bond motifs is 1. The summed E-state index contributed by atoms with van der Waals surface area (Å²) >= 11 is 0. The van der Waals surface area contributed by atoms with Crippen molar-refractivity contribution in [3.63, 3.8) is 0 Å². The predicted octanol–water partition coefficient (Wildman–Crippen LogP) is 3.35. The number of hydrogen-bond donors (Lipinski definition) is 3. The molecule has 3 aromatic rings. The van der Waals surface area contributed by atoms with E-state index in [4.69, 9.17) is 19.8 Å². The molecule has 4 rings (SSSR count). The van der Waals surface area contributed by atoms with Gasteiger partial charge in [0.15, 0.2) is 0 Å². The second kappa shape index (κ2) is 10.8. The second-order valence-electron chi connectivity index (χ2n) is 7.88. The van der Waals surface area contributed by atoms with Crippen molar-refractivity contribution in [1.82, 2.24) is 19.7 Å². The molecule has 0 atom stereocenters. The van der Waals surface area contributed by atoms with Gasteiger partial charge in [-0.2, -0.15) is 5.10 Å². The summed E-state index contributed by atoms with van der Waals surface area (Å²) in [6.07, 6.45) is 11.3. The lowest BCUT2D eigenvalue weighted by Gasteiger charge is -2.31. The Morgan fingerprint density at radius 1 is 1.13 bits per heavy atom. The maximum Gasteiger partial charge on any atom is 0.414 e. The number of benzene rings is 1. The summed E-state index contributed by atoms with van der Waals surface area (Å²) in [5.41, 5.74) is 4.15. The van der Waals surface area contributed by atoms with Crippen molar-refractivity contribution in [3.05, 3.63) is 54.0 Å². The molecular weight excluding hydrogens is 396 g/mol. The molecular formula is C23H30N4O4. The monoisotopic (exact) mass is 426 g/mol. The number of nitrogens with zero attached hydrogens (tertiary/aromatic N) is 3. The molecule has 0 saturated carbocycles. The second-order valence-corrected chi connectivity index (χ2v) is 7.88. The Labute approximate surface area is 181 Å². The number of aromatic nitrogens is 3. The number of carbonyl (C=O) groups is 2. The van der Waals surface area contributed by atoms with Crippen molar-refractivity contribution in [2.24, 2.45) is 0 Å². The molecule has 1 aromatic carbocycles. The number of piperidine rings is 1. The number of aromatic amines is 1. The normalized spacial score (nSPS) is 14.9. The molecule has 1 aliphatic heterocycles. The summed E-state index contributed by atoms with van der Waals surface area (Å²) in [6, 6.07) is 8.68. The number of para-hydroxylation sites is 1. The van der Waals surface area contributed by atoms with E-state index in [9.17, 15) is 0 Å². The first-order valence-electron chi connectivity index (χ1n) is 10.7. The zero-order chi connectivity index (χ0) is 22.2. The van der Waals surface area contributed by atoms with Gasteiger partial charge in [-0.25, -0.2) is 9.59 Å². The Hall–Kier alpha value is -3.13. The molecule has 166 valence electrons. The average Bonchev–Trinajstić information content (AvgIpc) is 3.40. The molecule has 0 aliphatic carbocycles. The molecule has 0 unspecified atom stereocenters. The first kappa shape index (κ1) is 22.6. The van der Waals surface area contributed by atoms with Gasteiger partial charge in [-0.15, -0.1) is 0 Å². The van der Waals surface area contributed by atoms with E-state index < -0.39 is 11.9 Å². The van der Waals surface area contributed by atoms with Crippen LogP contribution in [-0.2, 0) is 22.6 Å². The Bertz CT molecular complexity index is 990. The molecule has 3 N–H and O–H groups in total. The van der Waals surface area contributed by atoms with Gasteiger partial charge in [-0.1, -0.05) is 25.1 Å². The Morgan fingerprint density at radius 2 is 1.84 bits per heavy atom. The van der Waals surface area contributed by atoms with Crippen LogP contribution in [0.3, 0.4) is 0 Å². The number of likely N-dealkylation sites (tertiary alicyclic amines) is 1. The standard InChI is InChI=1S/C21H28N4.C2H2O4/c1-2-10-25-16-17(14-23-25)7-11-24-12-8-18(9-13-24)20-15-22-21-6-4-3-5-19(20)21;3-1(4)2(5)6/h3-6,14-16,18,22H,2,7-13H2,1H3;(H,3,4)(H,5,6). The molecule has 1 aliphatic rings. The van der Waals surface area contributed by atoms with E-state index in [1.165, 1.54) is 48.0 Å². The van der Waals surface area contributed by atoms with Crippen LogP contribution in [0.5, 0.6) is 0 Å². The summed E-state index contributed by atoms with van der Waals surface area (Å²) in [5, 5.41) is 20.6. The van der Waals surface area contributed by atoms with Crippen LogP contribution in [0.4, 0.5) is 0 Å². The van der Waals surface area contributed by atoms with Gasteiger partial charge in [0.2, 0.25) is 0 Å². The predicted molar refractivity (Wildman–Crippen MR) is 118 cm³/mol. The lowest BCUT2D eigenvalue weighted by atomic mass is 9.89. The summed E-state index contributed by atoms with van der Waals surface area (Å²) in [7, 11) is 0. The highest BCUT2D eigenvalue weighted by atomic mass is 16.4. The molecule has 0 amide bonds. The maximum atomic E-state index is 9.10. The summed E-state index contributed by atoms with van der Waals surface area (Å²) in [6.45, 7) is 6.77. The van der Waals surface area contributed by atoms with Crippen molar-refractivity contribution in [3.8, 4) is 0 Å². The number of carboxylic acids is 2. The Balaban J connectivity index is 0.000000401. The fourth-order valence-corrected chi connectivity index (χ4v) is 4.07. The highest BCUT2D eigenvalue weighted by molar-refractivity contribution is 6.27. The first-order valence-corrected chi connectivity index (χ1v) is 10.7. The minimum Gasteiger partial charge on any atom is -0.473 e. The van der Waals surface area contributed by atoms with Crippen LogP contribution in [0.2, 0.25) is 0 Å². The molecule has 8 heteroatoms. The van der Waals surface area contributed by atoms with E-state index in [1.54, 1.807) is 0 Å². The molecule has 0 radical (unpaired) electrons. The van der Waals surface area contributed by atoms with E-state index in [-0.39, 0.29) is 0 Å². The van der Waals surface area contributed by atoms with E-state index in [0.717, 1.165) is 25.9 Å². The summed E-state index contributed by atoms with van der Waals surface area (Å²) in [5.74, 6) is -2.95. The van der Waals surface area contributed by atoms with Crippen molar-refractivity contribution >= 4 is 22.8 Å². The number of aliphatic carboxylic acids is 2. The van der Waals surface area contributed by atoms with Crippen LogP contribution in [0, 0.1) is 0 Å². The summed E-state index contributed by atoms with van der Waals surface area (Å²) < 4.78 is 2.07. The van der Waals surface area contributed by atoms with Gasteiger partial charge in [0, 0.05) is 36.4 Å². The van der Waals surface area contributed by atoms with Gasteiger partial charge in [0.05, 0.1) is 6.20 Å². The van der Waals surface area contributed by atoms with Crippen LogP contribution in [0.25, 0.3) is 10.9 Å². The topological polar surface area (TPSA) is 111 Å². The van der Waals surface area contributed by atoms with Gasteiger partial charge in [-0.05, 0) is 61.9 Å². The SMILES string of the molecule is CCCn1cc(CCN2CCC(c3c[nH]c4ccccc34)CC2)cn1.O=C(O)C(=O)O. The lowest BCUT2D eigenvalue weighted by molar-refractivity contribution is -0.159. The summed E-state index contributed by atoms with van der Waals surface area (Å²) in [4.78, 5) is 24.2. The average molecular weight is 427 g/mol. The number of rotatable bonds is 6. The molecule has 31 heavy (non-hydrogen) atoms. The minimum atomic E-state index is -1.82. The molecule has 0 bridgehead atoms. The molecule has 2 aromatic heterocycles. The molecule has 3 heterocycles. The van der Waals surface area contributed by atoms with E-state index in [1.807, 2.05) is 6.20 Å². The largest absolute Gasteiger partial charge is 0.473 e. The third kappa shape index (κ3) is 6.18. The van der Waals surface area contributed by atoms with Gasteiger partial charge in [-0.3, -0.25) is 4.68 Å². The van der Waals surface area contributed by atoms with Crippen molar-refractivity contribution in [2.45, 2.75) is 45.1 Å². The van der Waals surface area contributed by atoms with Gasteiger partial charge >= 0.3 is 11.9 Å². The zero-order valence-electron chi connectivity index (χ0n) is 17.8. The quantitative estimate of drug-likeness (QED) is 0.521. The van der Waals surface area contributed by atoms with Crippen LogP contribution < -0.4 is 0 Å².